The van der Waals surface area contributed by atoms with Crippen molar-refractivity contribution in [1.29, 1.82) is 0 Å². The van der Waals surface area contributed by atoms with E-state index in [0.717, 1.165) is 0 Å². The second-order valence-corrected chi connectivity index (χ2v) is 4.14. The van der Waals surface area contributed by atoms with Gasteiger partial charge >= 0.3 is 5.97 Å². The number of ether oxygens (including phenoxy) is 3. The summed E-state index contributed by atoms with van der Waals surface area (Å²) in [4.78, 5) is 16.1. The van der Waals surface area contributed by atoms with Gasteiger partial charge in [0, 0.05) is 17.5 Å². The van der Waals surface area contributed by atoms with Crippen LogP contribution >= 0.6 is 11.6 Å². The molecule has 0 N–H and O–H groups in total. The Morgan fingerprint density at radius 2 is 2.16 bits per heavy atom. The molecule has 0 spiro atoms. The number of hydrogen-bond acceptors (Lipinski definition) is 5. The number of pyridine rings is 1. The van der Waals surface area contributed by atoms with Crippen molar-refractivity contribution in [2.45, 2.75) is 0 Å². The summed E-state index contributed by atoms with van der Waals surface area (Å²) >= 11 is 5.95. The number of hydrogen-bond donors (Lipinski definition) is 0. The maximum absolute atomic E-state index is 11.9. The van der Waals surface area contributed by atoms with Gasteiger partial charge in [-0.15, -0.1) is 0 Å². The Labute approximate surface area is 115 Å². The van der Waals surface area contributed by atoms with Gasteiger partial charge in [0.05, 0.1) is 18.8 Å². The highest BCUT2D eigenvalue weighted by Gasteiger charge is 2.18. The lowest BCUT2D eigenvalue weighted by molar-refractivity contribution is 0.0465. The summed E-state index contributed by atoms with van der Waals surface area (Å²) < 4.78 is 14.9. The zero-order chi connectivity index (χ0) is 13.8. The normalized spacial score (nSPS) is 10.5. The molecule has 0 saturated carbocycles. The van der Waals surface area contributed by atoms with Crippen molar-refractivity contribution < 1.29 is 19.0 Å². The van der Waals surface area contributed by atoms with E-state index in [1.54, 1.807) is 18.2 Å². The monoisotopic (exact) mass is 281 g/mol. The van der Waals surface area contributed by atoms with Crippen LogP contribution in [0.2, 0.25) is 5.02 Å². The highest BCUT2D eigenvalue weighted by atomic mass is 35.5. The standard InChI is InChI=1S/C13H12ClNO4/c1-17-7-19-11-6-15-10-4-3-8(14)5-9(10)12(11)13(16)18-2/h3-6H,7H2,1-2H3. The van der Waals surface area contributed by atoms with Gasteiger partial charge in [-0.1, -0.05) is 11.6 Å². The minimum absolute atomic E-state index is 0.0117. The Morgan fingerprint density at radius 3 is 2.84 bits per heavy atom. The molecule has 2 aromatic rings. The molecule has 0 saturated heterocycles. The average molecular weight is 282 g/mol. The molecule has 1 heterocycles. The minimum Gasteiger partial charge on any atom is -0.465 e. The van der Waals surface area contributed by atoms with E-state index in [1.807, 2.05) is 0 Å². The first kappa shape index (κ1) is 13.6. The van der Waals surface area contributed by atoms with Gasteiger partial charge in [0.1, 0.15) is 5.56 Å². The third kappa shape index (κ3) is 2.77. The molecule has 0 atom stereocenters. The summed E-state index contributed by atoms with van der Waals surface area (Å²) in [6.07, 6.45) is 1.46. The lowest BCUT2D eigenvalue weighted by Crippen LogP contribution is -2.09. The van der Waals surface area contributed by atoms with Gasteiger partial charge in [-0.25, -0.2) is 4.79 Å². The van der Waals surface area contributed by atoms with Crippen molar-refractivity contribution in [3.63, 3.8) is 0 Å². The summed E-state index contributed by atoms with van der Waals surface area (Å²) in [6.45, 7) is 0.0117. The quantitative estimate of drug-likeness (QED) is 0.637. The maximum atomic E-state index is 11.9. The van der Waals surface area contributed by atoms with Crippen LogP contribution in [0.4, 0.5) is 0 Å². The van der Waals surface area contributed by atoms with Gasteiger partial charge in [0.15, 0.2) is 12.5 Å². The van der Waals surface area contributed by atoms with Gasteiger partial charge in [0.25, 0.3) is 0 Å². The van der Waals surface area contributed by atoms with Crippen LogP contribution in [-0.4, -0.2) is 32.0 Å². The number of esters is 1. The fourth-order valence-corrected chi connectivity index (χ4v) is 1.86. The van der Waals surface area contributed by atoms with Crippen LogP contribution < -0.4 is 4.74 Å². The SMILES string of the molecule is COCOc1cnc2ccc(Cl)cc2c1C(=O)OC. The highest BCUT2D eigenvalue weighted by molar-refractivity contribution is 6.31. The van der Waals surface area contributed by atoms with Crippen LogP contribution in [0.25, 0.3) is 10.9 Å². The van der Waals surface area contributed by atoms with Gasteiger partial charge in [-0.3, -0.25) is 4.98 Å². The van der Waals surface area contributed by atoms with Crippen LogP contribution in [0, 0.1) is 0 Å². The number of fused-ring (bicyclic) bond motifs is 1. The second-order valence-electron chi connectivity index (χ2n) is 3.70. The van der Waals surface area contributed by atoms with Gasteiger partial charge in [-0.05, 0) is 18.2 Å². The van der Waals surface area contributed by atoms with Crippen molar-refractivity contribution in [1.82, 2.24) is 4.98 Å². The summed E-state index contributed by atoms with van der Waals surface area (Å²) in [5, 5.41) is 1.08. The molecule has 0 bridgehead atoms. The Hall–Kier alpha value is -1.85. The molecular formula is C13H12ClNO4. The van der Waals surface area contributed by atoms with E-state index < -0.39 is 5.97 Å². The van der Waals surface area contributed by atoms with Crippen LogP contribution in [0.3, 0.4) is 0 Å². The molecule has 100 valence electrons. The van der Waals surface area contributed by atoms with E-state index in [4.69, 9.17) is 25.8 Å². The molecule has 5 nitrogen and oxygen atoms in total. The lowest BCUT2D eigenvalue weighted by atomic mass is 10.1. The molecule has 0 amide bonds. The van der Waals surface area contributed by atoms with Crippen molar-refractivity contribution in [2.24, 2.45) is 0 Å². The Morgan fingerprint density at radius 1 is 1.37 bits per heavy atom. The first-order valence-electron chi connectivity index (χ1n) is 5.45. The molecule has 0 aliphatic carbocycles. The maximum Gasteiger partial charge on any atom is 0.342 e. The molecule has 0 aliphatic rings. The fourth-order valence-electron chi connectivity index (χ4n) is 1.69. The number of halogens is 1. The number of methoxy groups -OCH3 is 2. The number of carbonyl (C=O) groups is 1. The summed E-state index contributed by atoms with van der Waals surface area (Å²) in [6, 6.07) is 5.08. The van der Waals surface area contributed by atoms with E-state index in [2.05, 4.69) is 4.98 Å². The fraction of sp³-hybridized carbons (Fsp3) is 0.231. The van der Waals surface area contributed by atoms with Gasteiger partial charge in [-0.2, -0.15) is 0 Å². The number of carbonyl (C=O) groups excluding carboxylic acids is 1. The van der Waals surface area contributed by atoms with Crippen LogP contribution in [0.5, 0.6) is 5.75 Å². The molecule has 0 unspecified atom stereocenters. The van der Waals surface area contributed by atoms with Gasteiger partial charge < -0.3 is 14.2 Å². The third-order valence-electron chi connectivity index (χ3n) is 2.52. The minimum atomic E-state index is -0.513. The van der Waals surface area contributed by atoms with E-state index in [0.29, 0.717) is 21.7 Å². The summed E-state index contributed by atoms with van der Waals surface area (Å²) in [7, 11) is 2.79. The smallest absolute Gasteiger partial charge is 0.342 e. The van der Waals surface area contributed by atoms with E-state index in [9.17, 15) is 4.79 Å². The van der Waals surface area contributed by atoms with Crippen molar-refractivity contribution >= 4 is 28.5 Å². The molecule has 19 heavy (non-hydrogen) atoms. The van der Waals surface area contributed by atoms with E-state index in [-0.39, 0.29) is 12.4 Å². The van der Waals surface area contributed by atoms with Crippen LogP contribution in [-0.2, 0) is 9.47 Å². The Bertz CT molecular complexity index is 615. The van der Waals surface area contributed by atoms with Crippen LogP contribution in [0.15, 0.2) is 24.4 Å². The number of nitrogens with zero attached hydrogens (tertiary/aromatic N) is 1. The molecule has 0 fully saturated rings. The summed E-state index contributed by atoms with van der Waals surface area (Å²) in [5.41, 5.74) is 0.918. The van der Waals surface area contributed by atoms with Crippen molar-refractivity contribution in [3.05, 3.63) is 35.0 Å². The number of benzene rings is 1. The topological polar surface area (TPSA) is 57.7 Å². The first-order chi connectivity index (χ1) is 9.17. The summed E-state index contributed by atoms with van der Waals surface area (Å²) in [5.74, 6) is -0.218. The Kier molecular flexibility index (Phi) is 4.19. The first-order valence-corrected chi connectivity index (χ1v) is 5.83. The molecule has 0 radical (unpaired) electrons. The lowest BCUT2D eigenvalue weighted by Gasteiger charge is -2.11. The van der Waals surface area contributed by atoms with Crippen LogP contribution in [0.1, 0.15) is 10.4 Å². The zero-order valence-corrected chi connectivity index (χ0v) is 11.2. The number of rotatable bonds is 4. The van der Waals surface area contributed by atoms with Crippen molar-refractivity contribution in [3.8, 4) is 5.75 Å². The predicted molar refractivity (Wildman–Crippen MR) is 70.6 cm³/mol. The highest BCUT2D eigenvalue weighted by Crippen LogP contribution is 2.29. The molecule has 6 heteroatoms. The molecular weight excluding hydrogens is 270 g/mol. The molecule has 0 aliphatic heterocycles. The average Bonchev–Trinajstić information content (AvgIpc) is 2.43. The molecule has 2 rings (SSSR count). The molecule has 1 aromatic heterocycles. The predicted octanol–water partition coefficient (Wildman–Crippen LogP) is 2.66. The van der Waals surface area contributed by atoms with E-state index >= 15 is 0 Å². The largest absolute Gasteiger partial charge is 0.465 e. The molecule has 1 aromatic carbocycles. The van der Waals surface area contributed by atoms with E-state index in [1.165, 1.54) is 20.4 Å². The zero-order valence-electron chi connectivity index (χ0n) is 10.5. The second kappa shape index (κ2) is 5.86. The number of aromatic nitrogens is 1. The van der Waals surface area contributed by atoms with Crippen molar-refractivity contribution in [2.75, 3.05) is 21.0 Å². The van der Waals surface area contributed by atoms with Gasteiger partial charge in [0.2, 0.25) is 0 Å². The third-order valence-corrected chi connectivity index (χ3v) is 2.75. The Balaban J connectivity index is 2.64.